The minimum atomic E-state index is -0.809. The summed E-state index contributed by atoms with van der Waals surface area (Å²) < 4.78 is 16.8. The lowest BCUT2D eigenvalue weighted by atomic mass is 10.1. The molecule has 0 N–H and O–H groups in total. The zero-order valence-corrected chi connectivity index (χ0v) is 43.4. The van der Waals surface area contributed by atoms with E-state index in [1.54, 1.807) is 0 Å². The van der Waals surface area contributed by atoms with Crippen molar-refractivity contribution in [1.82, 2.24) is 0 Å². The topological polar surface area (TPSA) is 78.9 Å². The lowest BCUT2D eigenvalue weighted by Gasteiger charge is -2.18. The molecule has 380 valence electrons. The molecule has 67 heavy (non-hydrogen) atoms. The summed E-state index contributed by atoms with van der Waals surface area (Å²) in [6, 6.07) is 0. The third-order valence-corrected chi connectivity index (χ3v) is 11.3. The van der Waals surface area contributed by atoms with Crippen LogP contribution in [0.4, 0.5) is 0 Å². The first-order valence-electron chi connectivity index (χ1n) is 27.4. The predicted octanol–water partition coefficient (Wildman–Crippen LogP) is 18.3. The predicted molar refractivity (Wildman–Crippen MR) is 288 cm³/mol. The molecule has 0 saturated heterocycles. The zero-order valence-electron chi connectivity index (χ0n) is 43.4. The number of unbranched alkanes of at least 4 members (excludes halogenated alkanes) is 19. The van der Waals surface area contributed by atoms with Crippen LogP contribution in [0.2, 0.25) is 0 Å². The van der Waals surface area contributed by atoms with Crippen LogP contribution in [0.5, 0.6) is 0 Å². The number of hydrogen-bond acceptors (Lipinski definition) is 6. The Kier molecular flexibility index (Phi) is 51.5. The van der Waals surface area contributed by atoms with Crippen LogP contribution in [-0.2, 0) is 28.6 Å². The van der Waals surface area contributed by atoms with Gasteiger partial charge in [0.1, 0.15) is 13.2 Å². The van der Waals surface area contributed by atoms with Crippen molar-refractivity contribution >= 4 is 17.9 Å². The van der Waals surface area contributed by atoms with Gasteiger partial charge in [0.05, 0.1) is 0 Å². The summed E-state index contributed by atoms with van der Waals surface area (Å²) in [5.74, 6) is -0.969. The SMILES string of the molecule is CC/C=C\C/C=C\C/C=C\C/C=C\C/C=C\CCCCCC(=O)OC[C@@H](COC(=O)CCCCCCCCCCCCC)OC(=O)CCCCC/C=C\C/C=C\C/C=C\C/C=C\CCCCC. The average Bonchev–Trinajstić information content (AvgIpc) is 3.33. The molecule has 0 saturated carbocycles. The fourth-order valence-corrected chi connectivity index (χ4v) is 7.16. The lowest BCUT2D eigenvalue weighted by molar-refractivity contribution is -0.167. The van der Waals surface area contributed by atoms with Crippen molar-refractivity contribution in [3.8, 4) is 0 Å². The van der Waals surface area contributed by atoms with Crippen LogP contribution in [0.3, 0.4) is 0 Å². The Balaban J connectivity index is 4.50. The van der Waals surface area contributed by atoms with Crippen LogP contribution < -0.4 is 0 Å². The minimum Gasteiger partial charge on any atom is -0.462 e. The summed E-state index contributed by atoms with van der Waals surface area (Å²) >= 11 is 0. The molecule has 6 nitrogen and oxygen atoms in total. The normalized spacial score (nSPS) is 12.9. The molecule has 0 aromatic rings. The second-order valence-corrected chi connectivity index (χ2v) is 17.8. The van der Waals surface area contributed by atoms with Crippen LogP contribution in [0.1, 0.15) is 239 Å². The van der Waals surface area contributed by atoms with E-state index in [0.29, 0.717) is 12.8 Å². The maximum Gasteiger partial charge on any atom is 0.306 e. The number of esters is 3. The molecule has 0 amide bonds. The van der Waals surface area contributed by atoms with Crippen molar-refractivity contribution in [1.29, 1.82) is 0 Å². The molecule has 0 bridgehead atoms. The number of allylic oxidation sites excluding steroid dienone is 18. The van der Waals surface area contributed by atoms with E-state index in [1.165, 1.54) is 77.0 Å². The molecule has 0 aliphatic carbocycles. The molecule has 0 aromatic carbocycles. The molecule has 0 fully saturated rings. The van der Waals surface area contributed by atoms with Crippen LogP contribution in [-0.4, -0.2) is 37.2 Å². The first kappa shape index (κ1) is 63.1. The van der Waals surface area contributed by atoms with E-state index >= 15 is 0 Å². The van der Waals surface area contributed by atoms with Gasteiger partial charge >= 0.3 is 17.9 Å². The Labute approximate surface area is 412 Å². The van der Waals surface area contributed by atoms with Gasteiger partial charge in [0.15, 0.2) is 6.10 Å². The molecule has 1 atom stereocenters. The Hall–Kier alpha value is -3.93. The molecule has 0 radical (unpaired) electrons. The molecular formula is C61H100O6. The van der Waals surface area contributed by atoms with Gasteiger partial charge in [-0.15, -0.1) is 0 Å². The number of hydrogen-bond donors (Lipinski definition) is 0. The molecule has 0 aliphatic rings. The van der Waals surface area contributed by atoms with E-state index in [9.17, 15) is 14.4 Å². The van der Waals surface area contributed by atoms with Crippen LogP contribution in [0.15, 0.2) is 109 Å². The van der Waals surface area contributed by atoms with E-state index in [-0.39, 0.29) is 37.5 Å². The Bertz CT molecular complexity index is 1390. The zero-order chi connectivity index (χ0) is 48.6. The van der Waals surface area contributed by atoms with Gasteiger partial charge in [0, 0.05) is 19.3 Å². The molecule has 0 aliphatic heterocycles. The smallest absolute Gasteiger partial charge is 0.306 e. The Morgan fingerprint density at radius 3 is 0.940 bits per heavy atom. The van der Waals surface area contributed by atoms with Gasteiger partial charge in [-0.2, -0.15) is 0 Å². The van der Waals surface area contributed by atoms with E-state index in [1.807, 2.05) is 0 Å². The highest BCUT2D eigenvalue weighted by Crippen LogP contribution is 2.14. The van der Waals surface area contributed by atoms with Gasteiger partial charge in [-0.05, 0) is 109 Å². The highest BCUT2D eigenvalue weighted by Gasteiger charge is 2.19. The summed E-state index contributed by atoms with van der Waals surface area (Å²) in [6.45, 7) is 6.43. The largest absolute Gasteiger partial charge is 0.462 e. The summed E-state index contributed by atoms with van der Waals surface area (Å²) in [7, 11) is 0. The lowest BCUT2D eigenvalue weighted by Crippen LogP contribution is -2.30. The minimum absolute atomic E-state index is 0.102. The molecule has 0 aromatic heterocycles. The van der Waals surface area contributed by atoms with Crippen molar-refractivity contribution in [3.63, 3.8) is 0 Å². The average molecular weight is 929 g/mol. The number of rotatable bonds is 48. The van der Waals surface area contributed by atoms with Crippen molar-refractivity contribution in [2.45, 2.75) is 245 Å². The summed E-state index contributed by atoms with van der Waals surface area (Å²) in [5.41, 5.74) is 0. The third kappa shape index (κ3) is 52.9. The van der Waals surface area contributed by atoms with Gasteiger partial charge in [-0.25, -0.2) is 0 Å². The maximum absolute atomic E-state index is 12.8. The highest BCUT2D eigenvalue weighted by atomic mass is 16.6. The first-order valence-corrected chi connectivity index (χ1v) is 27.4. The molecule has 0 spiro atoms. The number of carbonyl (C=O) groups is 3. The van der Waals surface area contributed by atoms with Crippen LogP contribution in [0, 0.1) is 0 Å². The van der Waals surface area contributed by atoms with Gasteiger partial charge in [-0.1, -0.05) is 220 Å². The van der Waals surface area contributed by atoms with E-state index in [2.05, 4.69) is 130 Å². The fraction of sp³-hybridized carbons (Fsp3) is 0.656. The number of ether oxygens (including phenoxy) is 3. The molecular weight excluding hydrogens is 829 g/mol. The third-order valence-electron chi connectivity index (χ3n) is 11.3. The second-order valence-electron chi connectivity index (χ2n) is 17.8. The van der Waals surface area contributed by atoms with E-state index < -0.39 is 6.10 Å². The molecule has 6 heteroatoms. The Morgan fingerprint density at radius 2 is 0.582 bits per heavy atom. The monoisotopic (exact) mass is 929 g/mol. The van der Waals surface area contributed by atoms with Crippen molar-refractivity contribution < 1.29 is 28.6 Å². The van der Waals surface area contributed by atoms with Gasteiger partial charge in [-0.3, -0.25) is 14.4 Å². The van der Waals surface area contributed by atoms with E-state index in [0.717, 1.165) is 122 Å². The molecule has 0 unspecified atom stereocenters. The summed E-state index contributed by atoms with van der Waals surface area (Å²) in [4.78, 5) is 38.0. The summed E-state index contributed by atoms with van der Waals surface area (Å²) in [6.07, 6.45) is 73.6. The van der Waals surface area contributed by atoms with E-state index in [4.69, 9.17) is 14.2 Å². The van der Waals surface area contributed by atoms with Gasteiger partial charge < -0.3 is 14.2 Å². The summed E-state index contributed by atoms with van der Waals surface area (Å²) in [5, 5.41) is 0. The highest BCUT2D eigenvalue weighted by molar-refractivity contribution is 5.71. The first-order chi connectivity index (χ1) is 33.0. The van der Waals surface area contributed by atoms with Gasteiger partial charge in [0.2, 0.25) is 0 Å². The van der Waals surface area contributed by atoms with Crippen LogP contribution in [0.25, 0.3) is 0 Å². The second kappa shape index (κ2) is 54.7. The standard InChI is InChI=1S/C61H100O6/c1-4-7-10-13-16-19-22-24-26-28-30-32-34-36-39-42-45-48-51-54-60(63)66-57-58(56-65-59(62)53-50-47-44-41-38-21-18-15-12-9-6-3)67-61(64)55-52-49-46-43-40-37-35-33-31-29-27-25-23-20-17-14-11-8-5-2/h7,10,16-17,19-20,24-27,30-33,36-37,39-40,58H,4-6,8-9,11-15,18,21-23,28-29,34-35,38,41-57H2,1-3H3/b10-7-,19-16-,20-17-,26-24-,27-25-,32-30-,33-31-,39-36-,40-37-/t58-/m1/s1. The quantitative estimate of drug-likeness (QED) is 0.0262. The molecule has 0 heterocycles. The number of carbonyl (C=O) groups excluding carboxylic acids is 3. The van der Waals surface area contributed by atoms with Crippen molar-refractivity contribution in [2.24, 2.45) is 0 Å². The van der Waals surface area contributed by atoms with Crippen LogP contribution >= 0.6 is 0 Å². The van der Waals surface area contributed by atoms with Crippen molar-refractivity contribution in [2.75, 3.05) is 13.2 Å². The maximum atomic E-state index is 12.8. The van der Waals surface area contributed by atoms with Gasteiger partial charge in [0.25, 0.3) is 0 Å². The molecule has 0 rings (SSSR count). The van der Waals surface area contributed by atoms with Crippen molar-refractivity contribution in [3.05, 3.63) is 109 Å². The fourth-order valence-electron chi connectivity index (χ4n) is 7.16. The Morgan fingerprint density at radius 1 is 0.313 bits per heavy atom.